The number of piperidine rings is 1. The van der Waals surface area contributed by atoms with Gasteiger partial charge in [-0.15, -0.1) is 12.4 Å². The Balaban J connectivity index is 0.00000242. The van der Waals surface area contributed by atoms with Gasteiger partial charge in [-0.1, -0.05) is 12.1 Å². The van der Waals surface area contributed by atoms with Gasteiger partial charge >= 0.3 is 0 Å². The predicted molar refractivity (Wildman–Crippen MR) is 91.8 cm³/mol. The van der Waals surface area contributed by atoms with Crippen LogP contribution in [0.1, 0.15) is 31.2 Å². The molecule has 1 unspecified atom stereocenters. The van der Waals surface area contributed by atoms with Crippen molar-refractivity contribution in [2.75, 3.05) is 26.2 Å². The van der Waals surface area contributed by atoms with Gasteiger partial charge in [-0.05, 0) is 62.9 Å². The number of benzene rings is 1. The molecule has 22 heavy (non-hydrogen) atoms. The van der Waals surface area contributed by atoms with Crippen LogP contribution in [0.2, 0.25) is 0 Å². The summed E-state index contributed by atoms with van der Waals surface area (Å²) in [4.78, 5) is 11.7. The third-order valence-electron chi connectivity index (χ3n) is 3.86. The van der Waals surface area contributed by atoms with E-state index in [1.807, 2.05) is 31.2 Å². The number of aryl methyl sites for hydroxylation is 1. The second-order valence-corrected chi connectivity index (χ2v) is 5.77. The van der Waals surface area contributed by atoms with Gasteiger partial charge in [0.05, 0.1) is 13.0 Å². The van der Waals surface area contributed by atoms with Gasteiger partial charge in [-0.3, -0.25) is 4.79 Å². The molecular weight excluding hydrogens is 300 g/mol. The Morgan fingerprint density at radius 2 is 2.32 bits per heavy atom. The number of hydrogen-bond donors (Lipinski definition) is 2. The highest BCUT2D eigenvalue weighted by molar-refractivity contribution is 5.85. The number of carbonyl (C=O) groups is 1. The van der Waals surface area contributed by atoms with E-state index in [9.17, 15) is 4.79 Å². The third-order valence-corrected chi connectivity index (χ3v) is 3.86. The normalized spacial score (nSPS) is 17.4. The fourth-order valence-corrected chi connectivity index (χ4v) is 2.64. The van der Waals surface area contributed by atoms with Crippen LogP contribution < -0.4 is 15.4 Å². The van der Waals surface area contributed by atoms with E-state index >= 15 is 0 Å². The predicted octanol–water partition coefficient (Wildman–Crippen LogP) is 2.69. The molecule has 2 rings (SSSR count). The Morgan fingerprint density at radius 1 is 1.45 bits per heavy atom. The van der Waals surface area contributed by atoms with Gasteiger partial charge in [0, 0.05) is 6.54 Å². The highest BCUT2D eigenvalue weighted by Crippen LogP contribution is 2.13. The molecule has 0 bridgehead atoms. The zero-order chi connectivity index (χ0) is 14.9. The number of rotatable bonds is 7. The molecule has 1 heterocycles. The number of carbonyl (C=O) groups excluding carboxylic acids is 1. The van der Waals surface area contributed by atoms with E-state index in [1.54, 1.807) is 0 Å². The van der Waals surface area contributed by atoms with E-state index in [-0.39, 0.29) is 18.3 Å². The number of nitrogens with one attached hydrogen (secondary N) is 2. The van der Waals surface area contributed by atoms with Crippen molar-refractivity contribution >= 4 is 18.3 Å². The first-order chi connectivity index (χ1) is 10.2. The second-order valence-electron chi connectivity index (χ2n) is 5.77. The zero-order valence-electron chi connectivity index (χ0n) is 13.3. The summed E-state index contributed by atoms with van der Waals surface area (Å²) in [5.74, 6) is 1.62. The van der Waals surface area contributed by atoms with Gasteiger partial charge in [0.25, 0.3) is 0 Å². The topological polar surface area (TPSA) is 50.4 Å². The molecule has 1 atom stereocenters. The van der Waals surface area contributed by atoms with Crippen molar-refractivity contribution < 1.29 is 9.53 Å². The molecule has 1 aliphatic heterocycles. The van der Waals surface area contributed by atoms with E-state index in [2.05, 4.69) is 10.6 Å². The fourth-order valence-electron chi connectivity index (χ4n) is 2.64. The molecule has 2 N–H and O–H groups in total. The zero-order valence-corrected chi connectivity index (χ0v) is 14.1. The van der Waals surface area contributed by atoms with Crippen molar-refractivity contribution in [3.05, 3.63) is 29.8 Å². The van der Waals surface area contributed by atoms with E-state index in [0.29, 0.717) is 18.9 Å². The molecule has 0 radical (unpaired) electrons. The lowest BCUT2D eigenvalue weighted by atomic mass is 9.96. The molecule has 0 aromatic heterocycles. The van der Waals surface area contributed by atoms with Crippen LogP contribution in [-0.2, 0) is 4.79 Å². The maximum atomic E-state index is 11.7. The first-order valence-corrected chi connectivity index (χ1v) is 7.91. The van der Waals surface area contributed by atoms with Crippen molar-refractivity contribution in [3.8, 4) is 5.75 Å². The van der Waals surface area contributed by atoms with E-state index in [4.69, 9.17) is 4.74 Å². The summed E-state index contributed by atoms with van der Waals surface area (Å²) in [5, 5.41) is 6.38. The first-order valence-electron chi connectivity index (χ1n) is 7.91. The van der Waals surface area contributed by atoms with Crippen molar-refractivity contribution in [1.82, 2.24) is 10.6 Å². The summed E-state index contributed by atoms with van der Waals surface area (Å²) in [6, 6.07) is 7.89. The molecule has 5 heteroatoms. The molecule has 124 valence electrons. The highest BCUT2D eigenvalue weighted by Gasteiger charge is 2.12. The van der Waals surface area contributed by atoms with Gasteiger partial charge in [0.1, 0.15) is 5.75 Å². The van der Waals surface area contributed by atoms with Crippen molar-refractivity contribution in [1.29, 1.82) is 0 Å². The molecule has 4 nitrogen and oxygen atoms in total. The molecule has 1 saturated heterocycles. The first kappa shape index (κ1) is 18.8. The van der Waals surface area contributed by atoms with Gasteiger partial charge in [0.15, 0.2) is 0 Å². The molecule has 1 fully saturated rings. The smallest absolute Gasteiger partial charge is 0.223 e. The minimum atomic E-state index is 0. The average molecular weight is 327 g/mol. The summed E-state index contributed by atoms with van der Waals surface area (Å²) >= 11 is 0. The van der Waals surface area contributed by atoms with Crippen molar-refractivity contribution in [2.24, 2.45) is 5.92 Å². The maximum Gasteiger partial charge on any atom is 0.223 e. The Kier molecular flexibility index (Phi) is 8.94. The summed E-state index contributed by atoms with van der Waals surface area (Å²) < 4.78 is 5.58. The molecule has 1 aromatic carbocycles. The molecule has 1 aliphatic rings. The van der Waals surface area contributed by atoms with Crippen LogP contribution in [0.15, 0.2) is 24.3 Å². The van der Waals surface area contributed by atoms with Crippen molar-refractivity contribution in [3.63, 3.8) is 0 Å². The lowest BCUT2D eigenvalue weighted by Gasteiger charge is -2.22. The van der Waals surface area contributed by atoms with Crippen molar-refractivity contribution in [2.45, 2.75) is 32.6 Å². The summed E-state index contributed by atoms with van der Waals surface area (Å²) in [7, 11) is 0. The van der Waals surface area contributed by atoms with Gasteiger partial charge < -0.3 is 15.4 Å². The third kappa shape index (κ3) is 7.14. The SMILES string of the molecule is Cc1cccc(OCCC(=O)NCCC2CCCNC2)c1.Cl. The minimum absolute atomic E-state index is 0. The lowest BCUT2D eigenvalue weighted by molar-refractivity contribution is -0.121. The number of amides is 1. The van der Waals surface area contributed by atoms with Crippen LogP contribution in [0.3, 0.4) is 0 Å². The monoisotopic (exact) mass is 326 g/mol. The summed E-state index contributed by atoms with van der Waals surface area (Å²) in [6.07, 6.45) is 4.01. The molecule has 1 amide bonds. The van der Waals surface area contributed by atoms with Gasteiger partial charge in [-0.25, -0.2) is 0 Å². The number of halogens is 1. The molecular formula is C17H27ClN2O2. The number of hydrogen-bond acceptors (Lipinski definition) is 3. The number of ether oxygens (including phenoxy) is 1. The summed E-state index contributed by atoms with van der Waals surface area (Å²) in [5.41, 5.74) is 1.16. The summed E-state index contributed by atoms with van der Waals surface area (Å²) in [6.45, 7) is 5.46. The maximum absolute atomic E-state index is 11.7. The van der Waals surface area contributed by atoms with Crippen LogP contribution in [0.25, 0.3) is 0 Å². The fraction of sp³-hybridized carbons (Fsp3) is 0.588. The van der Waals surface area contributed by atoms with Gasteiger partial charge in [-0.2, -0.15) is 0 Å². The van der Waals surface area contributed by atoms with Crippen LogP contribution >= 0.6 is 12.4 Å². The van der Waals surface area contributed by atoms with Gasteiger partial charge in [0.2, 0.25) is 5.91 Å². The quantitative estimate of drug-likeness (QED) is 0.810. The van der Waals surface area contributed by atoms with E-state index in [1.165, 1.54) is 12.8 Å². The Bertz CT molecular complexity index is 448. The Morgan fingerprint density at radius 3 is 3.05 bits per heavy atom. The molecule has 1 aromatic rings. The molecule has 0 saturated carbocycles. The minimum Gasteiger partial charge on any atom is -0.493 e. The Labute approximate surface area is 139 Å². The molecule has 0 aliphatic carbocycles. The standard InChI is InChI=1S/C17H26N2O2.ClH/c1-14-4-2-6-16(12-14)21-11-8-17(20)19-10-7-15-5-3-9-18-13-15;/h2,4,6,12,15,18H,3,5,7-11,13H2,1H3,(H,19,20);1H. The van der Waals surface area contributed by atoms with Crippen LogP contribution in [-0.4, -0.2) is 32.1 Å². The highest BCUT2D eigenvalue weighted by atomic mass is 35.5. The average Bonchev–Trinajstić information content (AvgIpc) is 2.48. The largest absolute Gasteiger partial charge is 0.493 e. The van der Waals surface area contributed by atoms with Crippen LogP contribution in [0, 0.1) is 12.8 Å². The Hall–Kier alpha value is -1.26. The van der Waals surface area contributed by atoms with E-state index in [0.717, 1.165) is 37.4 Å². The van der Waals surface area contributed by atoms with Crippen LogP contribution in [0.5, 0.6) is 5.75 Å². The van der Waals surface area contributed by atoms with E-state index < -0.39 is 0 Å². The molecule has 0 spiro atoms. The van der Waals surface area contributed by atoms with Crippen LogP contribution in [0.4, 0.5) is 0 Å². The lowest BCUT2D eigenvalue weighted by Crippen LogP contribution is -2.33. The second kappa shape index (κ2) is 10.5.